The minimum atomic E-state index is -1.18. The normalized spacial score (nSPS) is 18.1. The second-order valence-electron chi connectivity index (χ2n) is 18.0. The maximum absolute atomic E-state index is 14.6. The molecule has 5 N–H and O–H groups in total. The van der Waals surface area contributed by atoms with Crippen molar-refractivity contribution in [3.8, 4) is 28.1 Å². The number of phenols is 1. The molecule has 0 spiro atoms. The molecule has 6 rings (SSSR count). The van der Waals surface area contributed by atoms with Gasteiger partial charge in [-0.05, 0) is 90.8 Å². The number of alkyl halides is 1. The molecule has 2 aliphatic heterocycles. The molecule has 3 atom stereocenters. The summed E-state index contributed by atoms with van der Waals surface area (Å²) in [4.78, 5) is 74.3. The van der Waals surface area contributed by atoms with Crippen LogP contribution in [0.1, 0.15) is 70.7 Å². The molecule has 1 unspecified atom stereocenters. The lowest BCUT2D eigenvalue weighted by Crippen LogP contribution is -2.62. The summed E-state index contributed by atoms with van der Waals surface area (Å²) >= 11 is 5.65. The summed E-state index contributed by atoms with van der Waals surface area (Å²) in [6, 6.07) is 11.9. The van der Waals surface area contributed by atoms with E-state index in [-0.39, 0.29) is 62.5 Å². The van der Waals surface area contributed by atoms with Gasteiger partial charge >= 0.3 is 12.0 Å². The van der Waals surface area contributed by atoms with Crippen LogP contribution >= 0.6 is 11.6 Å². The molecule has 17 heteroatoms. The second-order valence-corrected chi connectivity index (χ2v) is 18.3. The smallest absolute Gasteiger partial charge is 0.324 e. The Kier molecular flexibility index (Phi) is 16.1. The van der Waals surface area contributed by atoms with Gasteiger partial charge in [0.25, 0.3) is 5.91 Å². The molecule has 0 radical (unpaired) electrons. The molecule has 6 bridgehead atoms. The zero-order valence-electron chi connectivity index (χ0n) is 38.5. The number of ether oxygens (including phenoxy) is 2. The van der Waals surface area contributed by atoms with Gasteiger partial charge in [-0.25, -0.2) is 10.2 Å². The number of carbonyl (C=O) groups excluding carboxylic acids is 5. The van der Waals surface area contributed by atoms with Crippen molar-refractivity contribution in [3.05, 3.63) is 71.5 Å². The van der Waals surface area contributed by atoms with Gasteiger partial charge < -0.3 is 40.0 Å². The number of halogens is 1. The first-order valence-corrected chi connectivity index (χ1v) is 22.9. The third-order valence-electron chi connectivity index (χ3n) is 12.0. The van der Waals surface area contributed by atoms with E-state index in [9.17, 15) is 29.1 Å². The number of fused-ring (bicyclic) bond motifs is 6. The number of aromatic nitrogens is 2. The van der Waals surface area contributed by atoms with E-state index in [1.165, 1.54) is 17.0 Å². The molecular weight excluding hydrogens is 852 g/mol. The fourth-order valence-electron chi connectivity index (χ4n) is 8.94. The first kappa shape index (κ1) is 48.7. The van der Waals surface area contributed by atoms with Gasteiger partial charge in [0.1, 0.15) is 23.9 Å². The van der Waals surface area contributed by atoms with Crippen LogP contribution in [0.2, 0.25) is 0 Å². The SMILES string of the molecule is CCn1c(-c2cccnc2COC)c2c3cc(ccc31)-c1cc(O)cc(c1)C[C@H](NC(=O)C(C(C)C)N(C)C(=O)CCNC(=O)NCCCl)C(=O)N1CCC[C@H](N1)C(=O)OCC(C)(C)C2. The monoisotopic (exact) mass is 914 g/mol. The zero-order chi connectivity index (χ0) is 47.0. The quantitative estimate of drug-likeness (QED) is 0.0868. The summed E-state index contributed by atoms with van der Waals surface area (Å²) in [7, 11) is 3.17. The maximum atomic E-state index is 14.6. The number of likely N-dealkylation sites (N-methyl/N-ethyl adjacent to an activating group) is 1. The van der Waals surface area contributed by atoms with Crippen molar-refractivity contribution in [1.82, 2.24) is 40.8 Å². The molecule has 5 amide bonds. The molecule has 1 saturated heterocycles. The number of esters is 1. The number of nitrogens with one attached hydrogen (secondary N) is 4. The predicted octanol–water partition coefficient (Wildman–Crippen LogP) is 5.30. The average molecular weight is 916 g/mol. The van der Waals surface area contributed by atoms with Gasteiger partial charge in [-0.2, -0.15) is 0 Å². The van der Waals surface area contributed by atoms with E-state index in [1.807, 2.05) is 18.2 Å². The number of urea groups is 1. The number of benzene rings is 2. The van der Waals surface area contributed by atoms with Crippen molar-refractivity contribution >= 4 is 52.2 Å². The molecule has 65 heavy (non-hydrogen) atoms. The van der Waals surface area contributed by atoms with Gasteiger partial charge in [0.2, 0.25) is 11.8 Å². The van der Waals surface area contributed by atoms with Crippen LogP contribution in [0.25, 0.3) is 33.3 Å². The molecule has 4 heterocycles. The van der Waals surface area contributed by atoms with Crippen LogP contribution in [0.3, 0.4) is 0 Å². The topological polar surface area (TPSA) is 196 Å². The lowest BCUT2D eigenvalue weighted by molar-refractivity contribution is -0.155. The maximum Gasteiger partial charge on any atom is 0.324 e. The van der Waals surface area contributed by atoms with E-state index in [0.717, 1.165) is 39.0 Å². The molecule has 4 aromatic rings. The van der Waals surface area contributed by atoms with Crippen molar-refractivity contribution in [1.29, 1.82) is 0 Å². The fraction of sp³-hybridized carbons (Fsp3) is 0.500. The molecule has 350 valence electrons. The number of pyridine rings is 1. The van der Waals surface area contributed by atoms with Crippen LogP contribution in [0.15, 0.2) is 54.7 Å². The van der Waals surface area contributed by atoms with E-state index in [2.05, 4.69) is 64.9 Å². The number of amides is 5. The van der Waals surface area contributed by atoms with Crippen LogP contribution < -0.4 is 21.4 Å². The fourth-order valence-corrected chi connectivity index (χ4v) is 9.03. The molecule has 0 saturated carbocycles. The lowest BCUT2D eigenvalue weighted by atomic mass is 9.84. The molecule has 2 aromatic carbocycles. The molecule has 0 aliphatic carbocycles. The number of hydrogen-bond donors (Lipinski definition) is 5. The second kappa shape index (κ2) is 21.5. The molecule has 16 nitrogen and oxygen atoms in total. The standard InChI is InChI=1S/C48H63ClN8O8/c1-8-56-40-14-13-31-25-35(40)36(43(56)34-11-9-17-50-39(34)27-64-7)26-48(4,5)28-65-46(62)37-12-10-20-57(54-37)45(61)38(23-30-21-32(31)24-33(58)22-30)53-44(60)42(29(2)3)55(6)41(59)15-18-51-47(63)52-19-16-49/h9,11,13-14,17,21-22,24-25,29,37-38,42,54,58H,8,10,12,15-16,18-20,23,26-28H2,1-7H3,(H,53,60)(H2,51,52,63)/t37-,38-,42?/m0/s1. The van der Waals surface area contributed by atoms with Crippen LogP contribution in [-0.4, -0.2) is 119 Å². The minimum absolute atomic E-state index is 0.0217. The van der Waals surface area contributed by atoms with Crippen molar-refractivity contribution in [2.45, 2.75) is 98.0 Å². The first-order chi connectivity index (χ1) is 31.0. The number of rotatable bonds is 13. The Hall–Kier alpha value is -5.71. The van der Waals surface area contributed by atoms with Gasteiger partial charge in [-0.15, -0.1) is 11.6 Å². The summed E-state index contributed by atoms with van der Waals surface area (Å²) in [5, 5.41) is 21.8. The Morgan fingerprint density at radius 1 is 1.09 bits per heavy atom. The Balaban J connectivity index is 1.41. The summed E-state index contributed by atoms with van der Waals surface area (Å²) in [6.07, 6.45) is 3.14. The largest absolute Gasteiger partial charge is 0.508 e. The molecule has 1 fully saturated rings. The average Bonchev–Trinajstić information content (AvgIpc) is 3.57. The number of hydrogen-bond acceptors (Lipinski definition) is 10. The van der Waals surface area contributed by atoms with Crippen molar-refractivity contribution in [3.63, 3.8) is 0 Å². The molecule has 2 aromatic heterocycles. The van der Waals surface area contributed by atoms with Crippen molar-refractivity contribution < 1.29 is 38.6 Å². The summed E-state index contributed by atoms with van der Waals surface area (Å²) in [6.45, 7) is 11.5. The van der Waals surface area contributed by atoms with E-state index in [4.69, 9.17) is 26.1 Å². The zero-order valence-corrected chi connectivity index (χ0v) is 39.2. The highest BCUT2D eigenvalue weighted by Gasteiger charge is 2.38. The highest BCUT2D eigenvalue weighted by Crippen LogP contribution is 2.41. The number of cyclic esters (lactones) is 1. The number of methoxy groups -OCH3 is 1. The van der Waals surface area contributed by atoms with E-state index < -0.39 is 47.4 Å². The summed E-state index contributed by atoms with van der Waals surface area (Å²) in [5.74, 6) is -2.07. The lowest BCUT2D eigenvalue weighted by Gasteiger charge is -2.36. The summed E-state index contributed by atoms with van der Waals surface area (Å²) < 4.78 is 13.9. The van der Waals surface area contributed by atoms with Gasteiger partial charge in [0, 0.05) is 87.1 Å². The number of aromatic hydroxyl groups is 1. The third kappa shape index (κ3) is 11.6. The molecular formula is C48H63ClN8O8. The first-order valence-electron chi connectivity index (χ1n) is 22.3. The highest BCUT2D eigenvalue weighted by atomic mass is 35.5. The van der Waals surface area contributed by atoms with E-state index in [0.29, 0.717) is 43.5 Å². The number of carbonyl (C=O) groups is 5. The Bertz CT molecular complexity index is 2380. The predicted molar refractivity (Wildman–Crippen MR) is 249 cm³/mol. The van der Waals surface area contributed by atoms with Gasteiger partial charge in [0.15, 0.2) is 0 Å². The van der Waals surface area contributed by atoms with Crippen LogP contribution in [0.5, 0.6) is 5.75 Å². The van der Waals surface area contributed by atoms with Gasteiger partial charge in [-0.3, -0.25) is 29.2 Å². The third-order valence-corrected chi connectivity index (χ3v) is 12.2. The van der Waals surface area contributed by atoms with Gasteiger partial charge in [0.05, 0.1) is 24.6 Å². The van der Waals surface area contributed by atoms with Crippen molar-refractivity contribution in [2.24, 2.45) is 11.3 Å². The highest BCUT2D eigenvalue weighted by molar-refractivity contribution is 6.18. The van der Waals surface area contributed by atoms with Crippen LogP contribution in [-0.2, 0) is 54.6 Å². The Morgan fingerprint density at radius 3 is 2.58 bits per heavy atom. The van der Waals surface area contributed by atoms with E-state index in [1.54, 1.807) is 39.3 Å². The number of phenolic OH excluding ortho intramolecular Hbond substituents is 1. The minimum Gasteiger partial charge on any atom is -0.508 e. The van der Waals surface area contributed by atoms with E-state index >= 15 is 0 Å². The number of hydrazine groups is 1. The Labute approximate surface area is 385 Å². The number of aryl methyl sites for hydroxylation is 1. The Morgan fingerprint density at radius 2 is 1.86 bits per heavy atom. The van der Waals surface area contributed by atoms with Gasteiger partial charge in [-0.1, -0.05) is 39.8 Å². The van der Waals surface area contributed by atoms with Crippen LogP contribution in [0.4, 0.5) is 4.79 Å². The number of nitrogens with zero attached hydrogens (tertiary/aromatic N) is 4. The van der Waals surface area contributed by atoms with Crippen LogP contribution in [0, 0.1) is 11.3 Å². The molecule has 2 aliphatic rings. The van der Waals surface area contributed by atoms with Crippen molar-refractivity contribution in [2.75, 3.05) is 46.3 Å². The summed E-state index contributed by atoms with van der Waals surface area (Å²) in [5.41, 5.74) is 9.45.